The number of benzene rings is 1. The Morgan fingerprint density at radius 1 is 1.17 bits per heavy atom. The molecule has 4 nitrogen and oxygen atoms in total. The zero-order chi connectivity index (χ0) is 12.4. The van der Waals surface area contributed by atoms with Gasteiger partial charge < -0.3 is 14.2 Å². The van der Waals surface area contributed by atoms with E-state index >= 15 is 0 Å². The first-order valence-corrected chi connectivity index (χ1v) is 5.75. The Kier molecular flexibility index (Phi) is 2.76. The molecule has 1 atom stereocenters. The van der Waals surface area contributed by atoms with Crippen LogP contribution < -0.4 is 14.2 Å². The Morgan fingerprint density at radius 2 is 2.00 bits per heavy atom. The van der Waals surface area contributed by atoms with Crippen molar-refractivity contribution in [3.05, 3.63) is 48.2 Å². The van der Waals surface area contributed by atoms with Crippen LogP contribution in [0.4, 0.5) is 0 Å². The molecule has 0 saturated heterocycles. The molecule has 0 spiro atoms. The van der Waals surface area contributed by atoms with Gasteiger partial charge in [-0.05, 0) is 18.2 Å². The van der Waals surface area contributed by atoms with Crippen molar-refractivity contribution in [3.8, 4) is 17.4 Å². The van der Waals surface area contributed by atoms with Gasteiger partial charge in [0.1, 0.15) is 6.61 Å². The third-order valence-electron chi connectivity index (χ3n) is 2.85. The first kappa shape index (κ1) is 10.9. The van der Waals surface area contributed by atoms with Crippen LogP contribution in [0.1, 0.15) is 11.7 Å². The molecule has 0 amide bonds. The molecule has 1 aromatic carbocycles. The highest BCUT2D eigenvalue weighted by Crippen LogP contribution is 2.35. The summed E-state index contributed by atoms with van der Waals surface area (Å²) in [6.45, 7) is 0.491. The maximum atomic E-state index is 5.89. The topological polar surface area (TPSA) is 40.6 Å². The first-order chi connectivity index (χ1) is 8.86. The van der Waals surface area contributed by atoms with Crippen LogP contribution in [0.15, 0.2) is 42.6 Å². The predicted molar refractivity (Wildman–Crippen MR) is 66.1 cm³/mol. The predicted octanol–water partition coefficient (Wildman–Crippen LogP) is 2.60. The monoisotopic (exact) mass is 243 g/mol. The third kappa shape index (κ3) is 1.97. The van der Waals surface area contributed by atoms with Crippen molar-refractivity contribution in [1.29, 1.82) is 0 Å². The number of methoxy groups -OCH3 is 1. The maximum Gasteiger partial charge on any atom is 0.212 e. The molecule has 18 heavy (non-hydrogen) atoms. The van der Waals surface area contributed by atoms with E-state index in [2.05, 4.69) is 4.98 Å². The van der Waals surface area contributed by atoms with E-state index in [4.69, 9.17) is 14.2 Å². The molecule has 0 bridgehead atoms. The summed E-state index contributed by atoms with van der Waals surface area (Å²) in [6.07, 6.45) is 1.62. The number of fused-ring (bicyclic) bond motifs is 1. The van der Waals surface area contributed by atoms with Gasteiger partial charge in [0.05, 0.1) is 7.11 Å². The van der Waals surface area contributed by atoms with Gasteiger partial charge in [-0.2, -0.15) is 0 Å². The first-order valence-electron chi connectivity index (χ1n) is 5.75. The molecule has 0 N–H and O–H groups in total. The number of para-hydroxylation sites is 2. The Morgan fingerprint density at radius 3 is 2.72 bits per heavy atom. The summed E-state index contributed by atoms with van der Waals surface area (Å²) >= 11 is 0. The van der Waals surface area contributed by atoms with Gasteiger partial charge in [-0.1, -0.05) is 12.1 Å². The van der Waals surface area contributed by atoms with E-state index in [-0.39, 0.29) is 6.10 Å². The molecule has 1 aliphatic rings. The van der Waals surface area contributed by atoms with Crippen LogP contribution in [0.5, 0.6) is 17.4 Å². The summed E-state index contributed by atoms with van der Waals surface area (Å²) in [4.78, 5) is 4.17. The molecule has 4 heteroatoms. The number of nitrogens with zero attached hydrogens (tertiary/aromatic N) is 1. The van der Waals surface area contributed by atoms with Gasteiger partial charge >= 0.3 is 0 Å². The zero-order valence-electron chi connectivity index (χ0n) is 10.00. The van der Waals surface area contributed by atoms with E-state index in [0.29, 0.717) is 12.5 Å². The summed E-state index contributed by atoms with van der Waals surface area (Å²) in [5, 5.41) is 0. The highest BCUT2D eigenvalue weighted by atomic mass is 16.6. The minimum absolute atomic E-state index is 0.127. The van der Waals surface area contributed by atoms with Crippen LogP contribution in [-0.2, 0) is 0 Å². The summed E-state index contributed by atoms with van der Waals surface area (Å²) < 4.78 is 16.6. The number of rotatable bonds is 2. The van der Waals surface area contributed by atoms with Crippen molar-refractivity contribution in [3.63, 3.8) is 0 Å². The van der Waals surface area contributed by atoms with Gasteiger partial charge in [-0.15, -0.1) is 0 Å². The van der Waals surface area contributed by atoms with E-state index in [1.807, 2.05) is 36.4 Å². The molecule has 1 unspecified atom stereocenters. The number of hydrogen-bond acceptors (Lipinski definition) is 4. The summed E-state index contributed by atoms with van der Waals surface area (Å²) in [7, 11) is 1.60. The summed E-state index contributed by atoms with van der Waals surface area (Å²) in [5.41, 5.74) is 0.977. The molecule has 2 aromatic rings. The Labute approximate surface area is 105 Å². The number of hydrogen-bond donors (Lipinski definition) is 0. The lowest BCUT2D eigenvalue weighted by Crippen LogP contribution is -2.21. The van der Waals surface area contributed by atoms with Crippen LogP contribution in [0.25, 0.3) is 0 Å². The lowest BCUT2D eigenvalue weighted by molar-refractivity contribution is 0.0910. The van der Waals surface area contributed by atoms with Crippen molar-refractivity contribution in [2.45, 2.75) is 6.10 Å². The molecule has 0 aliphatic carbocycles. The molecule has 92 valence electrons. The fourth-order valence-corrected chi connectivity index (χ4v) is 1.89. The highest BCUT2D eigenvalue weighted by molar-refractivity contribution is 5.41. The van der Waals surface area contributed by atoms with Crippen LogP contribution in [0, 0.1) is 0 Å². The third-order valence-corrected chi connectivity index (χ3v) is 2.85. The molecule has 1 aromatic heterocycles. The van der Waals surface area contributed by atoms with Crippen molar-refractivity contribution < 1.29 is 14.2 Å². The minimum Gasteiger partial charge on any atom is -0.485 e. The van der Waals surface area contributed by atoms with Gasteiger partial charge in [-0.25, -0.2) is 4.98 Å². The van der Waals surface area contributed by atoms with Crippen LogP contribution in [-0.4, -0.2) is 18.7 Å². The molecule has 0 fully saturated rings. The molecule has 3 rings (SSSR count). The fraction of sp³-hybridized carbons (Fsp3) is 0.214. The van der Waals surface area contributed by atoms with Gasteiger partial charge in [0.15, 0.2) is 17.6 Å². The maximum absolute atomic E-state index is 5.89. The Balaban J connectivity index is 1.82. The summed E-state index contributed by atoms with van der Waals surface area (Å²) in [5.74, 6) is 2.15. The van der Waals surface area contributed by atoms with Crippen LogP contribution in [0.2, 0.25) is 0 Å². The zero-order valence-corrected chi connectivity index (χ0v) is 10.00. The Bertz CT molecular complexity index is 539. The Hall–Kier alpha value is -2.23. The fourth-order valence-electron chi connectivity index (χ4n) is 1.89. The van der Waals surface area contributed by atoms with Gasteiger partial charge in [0.25, 0.3) is 0 Å². The van der Waals surface area contributed by atoms with E-state index in [0.717, 1.165) is 17.1 Å². The van der Waals surface area contributed by atoms with Crippen LogP contribution >= 0.6 is 0 Å². The second-order valence-electron chi connectivity index (χ2n) is 4.00. The van der Waals surface area contributed by atoms with E-state index in [9.17, 15) is 0 Å². The van der Waals surface area contributed by atoms with Crippen molar-refractivity contribution in [2.75, 3.05) is 13.7 Å². The lowest BCUT2D eigenvalue weighted by Gasteiger charge is -2.26. The number of pyridine rings is 1. The van der Waals surface area contributed by atoms with Gasteiger partial charge in [0.2, 0.25) is 5.88 Å². The largest absolute Gasteiger partial charge is 0.485 e. The number of ether oxygens (including phenoxy) is 3. The van der Waals surface area contributed by atoms with Crippen molar-refractivity contribution in [1.82, 2.24) is 4.98 Å². The standard InChI is InChI=1S/C14H13NO3/c1-16-14-7-6-10(8-15-14)13-9-17-11-4-2-3-5-12(11)18-13/h2-8,13H,9H2,1H3. The number of aromatic nitrogens is 1. The van der Waals surface area contributed by atoms with E-state index in [1.165, 1.54) is 0 Å². The second-order valence-corrected chi connectivity index (χ2v) is 4.00. The van der Waals surface area contributed by atoms with Gasteiger partial charge in [-0.3, -0.25) is 0 Å². The second kappa shape index (κ2) is 4.56. The smallest absolute Gasteiger partial charge is 0.212 e. The van der Waals surface area contributed by atoms with Crippen LogP contribution in [0.3, 0.4) is 0 Å². The van der Waals surface area contributed by atoms with E-state index in [1.54, 1.807) is 13.3 Å². The molecular weight excluding hydrogens is 230 g/mol. The normalized spacial score (nSPS) is 17.3. The minimum atomic E-state index is -0.127. The van der Waals surface area contributed by atoms with Crippen molar-refractivity contribution in [2.24, 2.45) is 0 Å². The molecule has 2 heterocycles. The van der Waals surface area contributed by atoms with Gasteiger partial charge in [0, 0.05) is 17.8 Å². The SMILES string of the molecule is COc1ccc(C2COc3ccccc3O2)cn1. The summed E-state index contributed by atoms with van der Waals surface area (Å²) in [6, 6.07) is 11.4. The van der Waals surface area contributed by atoms with E-state index < -0.39 is 0 Å². The average Bonchev–Trinajstić information content (AvgIpc) is 2.47. The highest BCUT2D eigenvalue weighted by Gasteiger charge is 2.22. The molecule has 1 aliphatic heterocycles. The molecule has 0 radical (unpaired) electrons. The average molecular weight is 243 g/mol. The molecular formula is C14H13NO3. The van der Waals surface area contributed by atoms with Crippen molar-refractivity contribution >= 4 is 0 Å². The quantitative estimate of drug-likeness (QED) is 0.813. The molecule has 0 saturated carbocycles. The lowest BCUT2D eigenvalue weighted by atomic mass is 10.1.